The molecule has 1 aromatic rings. The van der Waals surface area contributed by atoms with E-state index in [4.69, 9.17) is 0 Å². The zero-order valence-electron chi connectivity index (χ0n) is 13.1. The van der Waals surface area contributed by atoms with Crippen LogP contribution in [0.3, 0.4) is 0 Å². The van der Waals surface area contributed by atoms with Crippen molar-refractivity contribution in [3.05, 3.63) is 24.3 Å². The molecule has 1 heterocycles. The maximum Gasteiger partial charge on any atom is 0.224 e. The molecular formula is C17H26N2O. The number of fused-ring (bicyclic) bond motifs is 1. The minimum Gasteiger partial charge on any atom is -0.368 e. The molecule has 2 atom stereocenters. The second-order valence-corrected chi connectivity index (χ2v) is 6.03. The number of carbonyl (C=O) groups is 1. The molecule has 1 aliphatic heterocycles. The summed E-state index contributed by atoms with van der Waals surface area (Å²) in [4.78, 5) is 16.3. The Morgan fingerprint density at radius 3 is 2.60 bits per heavy atom. The van der Waals surface area contributed by atoms with Gasteiger partial charge < -0.3 is 9.80 Å². The van der Waals surface area contributed by atoms with Gasteiger partial charge >= 0.3 is 0 Å². The molecule has 1 aliphatic rings. The Bertz CT molecular complexity index is 472. The van der Waals surface area contributed by atoms with Crippen molar-refractivity contribution < 1.29 is 4.79 Å². The zero-order chi connectivity index (χ0) is 14.7. The molecular weight excluding hydrogens is 248 g/mol. The van der Waals surface area contributed by atoms with Crippen molar-refractivity contribution in [3.8, 4) is 0 Å². The van der Waals surface area contributed by atoms with E-state index in [2.05, 4.69) is 43.9 Å². The maximum absolute atomic E-state index is 11.9. The number of anilines is 2. The van der Waals surface area contributed by atoms with Crippen LogP contribution in [0, 0.1) is 5.92 Å². The van der Waals surface area contributed by atoms with Gasteiger partial charge in [0.1, 0.15) is 0 Å². The zero-order valence-corrected chi connectivity index (χ0v) is 13.1. The SMILES string of the molecule is CCCC(C)CN1C[C@H](C)N(C(C)=O)c2ccccc21. The summed E-state index contributed by atoms with van der Waals surface area (Å²) >= 11 is 0. The van der Waals surface area contributed by atoms with Crippen LogP contribution < -0.4 is 9.80 Å². The Morgan fingerprint density at radius 2 is 2.00 bits per heavy atom. The van der Waals surface area contributed by atoms with Gasteiger partial charge in [-0.05, 0) is 31.4 Å². The average Bonchev–Trinajstić information content (AvgIpc) is 2.38. The van der Waals surface area contributed by atoms with Crippen LogP contribution in [0.5, 0.6) is 0 Å². The third-order valence-electron chi connectivity index (χ3n) is 4.06. The molecule has 0 fully saturated rings. The van der Waals surface area contributed by atoms with Crippen molar-refractivity contribution in [3.63, 3.8) is 0 Å². The van der Waals surface area contributed by atoms with Crippen molar-refractivity contribution in [2.45, 2.75) is 46.6 Å². The van der Waals surface area contributed by atoms with E-state index in [0.29, 0.717) is 5.92 Å². The van der Waals surface area contributed by atoms with Crippen LogP contribution in [0.4, 0.5) is 11.4 Å². The summed E-state index contributed by atoms with van der Waals surface area (Å²) in [6.45, 7) is 10.3. The second kappa shape index (κ2) is 6.29. The summed E-state index contributed by atoms with van der Waals surface area (Å²) in [6, 6.07) is 8.50. The third kappa shape index (κ3) is 2.97. The lowest BCUT2D eigenvalue weighted by Crippen LogP contribution is -2.50. The lowest BCUT2D eigenvalue weighted by molar-refractivity contribution is -0.117. The monoisotopic (exact) mass is 274 g/mol. The van der Waals surface area contributed by atoms with Crippen molar-refractivity contribution in [1.29, 1.82) is 0 Å². The molecule has 0 aromatic heterocycles. The molecule has 110 valence electrons. The quantitative estimate of drug-likeness (QED) is 0.836. The first-order chi connectivity index (χ1) is 9.54. The van der Waals surface area contributed by atoms with Crippen molar-refractivity contribution in [2.24, 2.45) is 5.92 Å². The van der Waals surface area contributed by atoms with Gasteiger partial charge in [-0.25, -0.2) is 0 Å². The predicted octanol–water partition coefficient (Wildman–Crippen LogP) is 3.68. The molecule has 0 saturated heterocycles. The van der Waals surface area contributed by atoms with E-state index in [1.807, 2.05) is 11.0 Å². The summed E-state index contributed by atoms with van der Waals surface area (Å²) < 4.78 is 0. The highest BCUT2D eigenvalue weighted by atomic mass is 16.2. The first kappa shape index (κ1) is 14.9. The molecule has 0 bridgehead atoms. The van der Waals surface area contributed by atoms with E-state index in [1.165, 1.54) is 18.5 Å². The van der Waals surface area contributed by atoms with Crippen LogP contribution in [-0.2, 0) is 4.79 Å². The van der Waals surface area contributed by atoms with Crippen molar-refractivity contribution in [1.82, 2.24) is 0 Å². The molecule has 0 N–H and O–H groups in total. The van der Waals surface area contributed by atoms with Crippen molar-refractivity contribution in [2.75, 3.05) is 22.9 Å². The predicted molar refractivity (Wildman–Crippen MR) is 85.3 cm³/mol. The van der Waals surface area contributed by atoms with Crippen LogP contribution in [0.15, 0.2) is 24.3 Å². The summed E-state index contributed by atoms with van der Waals surface area (Å²) in [7, 11) is 0. The Balaban J connectivity index is 2.28. The van der Waals surface area contributed by atoms with Gasteiger partial charge in [0, 0.05) is 20.0 Å². The average molecular weight is 274 g/mol. The number of nitrogens with zero attached hydrogens (tertiary/aromatic N) is 2. The highest BCUT2D eigenvalue weighted by Crippen LogP contribution is 2.35. The first-order valence-corrected chi connectivity index (χ1v) is 7.68. The van der Waals surface area contributed by atoms with E-state index in [0.717, 1.165) is 18.8 Å². The first-order valence-electron chi connectivity index (χ1n) is 7.68. The molecule has 3 nitrogen and oxygen atoms in total. The Kier molecular flexibility index (Phi) is 4.69. The Morgan fingerprint density at radius 1 is 1.35 bits per heavy atom. The van der Waals surface area contributed by atoms with Gasteiger partial charge in [-0.3, -0.25) is 4.79 Å². The van der Waals surface area contributed by atoms with Gasteiger partial charge in [0.25, 0.3) is 0 Å². The van der Waals surface area contributed by atoms with E-state index in [-0.39, 0.29) is 11.9 Å². The molecule has 1 aromatic carbocycles. The Labute approximate surface area is 122 Å². The fraction of sp³-hybridized carbons (Fsp3) is 0.588. The minimum absolute atomic E-state index is 0.131. The summed E-state index contributed by atoms with van der Waals surface area (Å²) in [5.41, 5.74) is 2.26. The fourth-order valence-corrected chi connectivity index (χ4v) is 3.28. The second-order valence-electron chi connectivity index (χ2n) is 6.03. The summed E-state index contributed by atoms with van der Waals surface area (Å²) in [5.74, 6) is 0.815. The van der Waals surface area contributed by atoms with Gasteiger partial charge in [0.2, 0.25) is 5.91 Å². The van der Waals surface area contributed by atoms with E-state index < -0.39 is 0 Å². The van der Waals surface area contributed by atoms with Crippen LogP contribution in [0.2, 0.25) is 0 Å². The normalized spacial score (nSPS) is 19.7. The molecule has 1 unspecified atom stereocenters. The topological polar surface area (TPSA) is 23.6 Å². The molecule has 0 aliphatic carbocycles. The molecule has 0 spiro atoms. The number of amides is 1. The molecule has 20 heavy (non-hydrogen) atoms. The highest BCUT2D eigenvalue weighted by molar-refractivity contribution is 5.97. The van der Waals surface area contributed by atoms with Gasteiger partial charge in [-0.2, -0.15) is 0 Å². The molecule has 1 amide bonds. The number of para-hydroxylation sites is 2. The van der Waals surface area contributed by atoms with E-state index >= 15 is 0 Å². The van der Waals surface area contributed by atoms with Gasteiger partial charge in [0.05, 0.1) is 17.4 Å². The molecule has 2 rings (SSSR count). The van der Waals surface area contributed by atoms with Gasteiger partial charge in [-0.1, -0.05) is 32.4 Å². The van der Waals surface area contributed by atoms with Crippen LogP contribution >= 0.6 is 0 Å². The van der Waals surface area contributed by atoms with Gasteiger partial charge in [-0.15, -0.1) is 0 Å². The lowest BCUT2D eigenvalue weighted by atomic mass is 10.0. The fourth-order valence-electron chi connectivity index (χ4n) is 3.28. The smallest absolute Gasteiger partial charge is 0.224 e. The summed E-state index contributed by atoms with van der Waals surface area (Å²) in [5, 5.41) is 0. The Hall–Kier alpha value is -1.51. The van der Waals surface area contributed by atoms with E-state index in [9.17, 15) is 4.79 Å². The standard InChI is InChI=1S/C17H26N2O/c1-5-8-13(2)11-18-12-14(3)19(15(4)20)17-10-7-6-9-16(17)18/h6-7,9-10,13-14H,5,8,11-12H2,1-4H3/t13?,14-/m0/s1. The molecule has 3 heteroatoms. The third-order valence-corrected chi connectivity index (χ3v) is 4.06. The van der Waals surface area contributed by atoms with Crippen molar-refractivity contribution >= 4 is 17.3 Å². The van der Waals surface area contributed by atoms with Crippen LogP contribution in [0.1, 0.15) is 40.5 Å². The number of hydrogen-bond acceptors (Lipinski definition) is 2. The maximum atomic E-state index is 11.9. The lowest BCUT2D eigenvalue weighted by Gasteiger charge is -2.42. The number of carbonyl (C=O) groups excluding carboxylic acids is 1. The number of benzene rings is 1. The molecule has 0 radical (unpaired) electrons. The minimum atomic E-state index is 0.131. The van der Waals surface area contributed by atoms with Crippen LogP contribution in [0.25, 0.3) is 0 Å². The molecule has 0 saturated carbocycles. The highest BCUT2D eigenvalue weighted by Gasteiger charge is 2.30. The van der Waals surface area contributed by atoms with Crippen LogP contribution in [-0.4, -0.2) is 25.0 Å². The summed E-state index contributed by atoms with van der Waals surface area (Å²) in [6.07, 6.45) is 2.48. The van der Waals surface area contributed by atoms with E-state index in [1.54, 1.807) is 6.92 Å². The number of hydrogen-bond donors (Lipinski definition) is 0. The number of rotatable bonds is 4. The van der Waals surface area contributed by atoms with Gasteiger partial charge in [0.15, 0.2) is 0 Å². The largest absolute Gasteiger partial charge is 0.368 e.